The first-order chi connectivity index (χ1) is 10.9. The van der Waals surface area contributed by atoms with Crippen LogP contribution in [0.1, 0.15) is 45.9 Å². The molecule has 1 N–H and O–H groups in total. The predicted molar refractivity (Wildman–Crippen MR) is 90.9 cm³/mol. The lowest BCUT2D eigenvalue weighted by Crippen LogP contribution is -2.43. The number of amides is 1. The van der Waals surface area contributed by atoms with Gasteiger partial charge in [0.05, 0.1) is 18.1 Å². The molecule has 1 rings (SSSR count). The second-order valence-electron chi connectivity index (χ2n) is 5.51. The molecule has 0 unspecified atom stereocenters. The van der Waals surface area contributed by atoms with Gasteiger partial charge in [0, 0.05) is 6.54 Å². The van der Waals surface area contributed by atoms with Crippen LogP contribution in [0, 0.1) is 0 Å². The van der Waals surface area contributed by atoms with Gasteiger partial charge >= 0.3 is 0 Å². The van der Waals surface area contributed by atoms with E-state index in [4.69, 9.17) is 4.42 Å². The zero-order chi connectivity index (χ0) is 17.5. The van der Waals surface area contributed by atoms with Gasteiger partial charge in [0.1, 0.15) is 11.0 Å². The third-order valence-corrected chi connectivity index (χ3v) is 6.26. The summed E-state index contributed by atoms with van der Waals surface area (Å²) in [4.78, 5) is 14.4. The van der Waals surface area contributed by atoms with Crippen LogP contribution < -0.4 is 5.32 Å². The Kier molecular flexibility index (Phi) is 7.78. The summed E-state index contributed by atoms with van der Waals surface area (Å²) >= 11 is 0. The van der Waals surface area contributed by atoms with Crippen LogP contribution in [0.3, 0.4) is 0 Å². The molecule has 1 aromatic rings. The topological polar surface area (TPSA) is 79.6 Å². The van der Waals surface area contributed by atoms with Crippen LogP contribution in [0.2, 0.25) is 0 Å². The predicted octanol–water partition coefficient (Wildman–Crippen LogP) is 1.99. The summed E-state index contributed by atoms with van der Waals surface area (Å²) in [5.74, 6) is 0.333. The molecular formula is C16H28N2O4S. The number of carbonyl (C=O) groups excluding carboxylic acids is 1. The molecule has 0 radical (unpaired) electrons. The van der Waals surface area contributed by atoms with Crippen molar-refractivity contribution in [1.29, 1.82) is 0 Å². The van der Waals surface area contributed by atoms with Crippen LogP contribution >= 0.6 is 0 Å². The largest absolute Gasteiger partial charge is 0.468 e. The van der Waals surface area contributed by atoms with Crippen molar-refractivity contribution < 1.29 is 17.6 Å². The van der Waals surface area contributed by atoms with Crippen LogP contribution in [0.5, 0.6) is 0 Å². The average molecular weight is 344 g/mol. The number of likely N-dealkylation sites (N-methyl/N-ethyl adjacent to an activating group) is 1. The molecule has 1 heterocycles. The van der Waals surface area contributed by atoms with E-state index in [9.17, 15) is 13.2 Å². The van der Waals surface area contributed by atoms with E-state index in [1.54, 1.807) is 13.2 Å². The Labute approximate surface area is 139 Å². The van der Waals surface area contributed by atoms with Crippen molar-refractivity contribution in [2.75, 3.05) is 25.4 Å². The van der Waals surface area contributed by atoms with Crippen LogP contribution in [0.15, 0.2) is 22.8 Å². The van der Waals surface area contributed by atoms with Gasteiger partial charge in [-0.1, -0.05) is 20.8 Å². The second-order valence-corrected chi connectivity index (χ2v) is 7.95. The van der Waals surface area contributed by atoms with E-state index in [1.165, 1.54) is 6.92 Å². The van der Waals surface area contributed by atoms with Gasteiger partial charge in [-0.2, -0.15) is 0 Å². The number of carbonyl (C=O) groups is 1. The first kappa shape index (κ1) is 19.7. The molecule has 1 amide bonds. The van der Waals surface area contributed by atoms with Crippen molar-refractivity contribution in [3.63, 3.8) is 0 Å². The van der Waals surface area contributed by atoms with Crippen molar-refractivity contribution in [2.24, 2.45) is 0 Å². The van der Waals surface area contributed by atoms with Crippen LogP contribution in [-0.2, 0) is 14.6 Å². The molecule has 2 atom stereocenters. The number of nitrogens with zero attached hydrogens (tertiary/aromatic N) is 1. The maximum absolute atomic E-state index is 12.2. The van der Waals surface area contributed by atoms with Crippen LogP contribution in [0.4, 0.5) is 0 Å². The van der Waals surface area contributed by atoms with E-state index in [-0.39, 0.29) is 11.8 Å². The summed E-state index contributed by atoms with van der Waals surface area (Å²) in [5, 5.41) is 1.73. The Balaban J connectivity index is 2.77. The van der Waals surface area contributed by atoms with Crippen molar-refractivity contribution in [2.45, 2.75) is 45.4 Å². The van der Waals surface area contributed by atoms with E-state index in [1.807, 2.05) is 26.0 Å². The number of hydrogen-bond donors (Lipinski definition) is 1. The zero-order valence-electron chi connectivity index (χ0n) is 14.4. The third-order valence-electron chi connectivity index (χ3n) is 3.99. The normalized spacial score (nSPS) is 14.7. The van der Waals surface area contributed by atoms with E-state index in [0.717, 1.165) is 18.8 Å². The lowest BCUT2D eigenvalue weighted by Gasteiger charge is -2.28. The fourth-order valence-electron chi connectivity index (χ4n) is 2.52. The number of sulfone groups is 1. The molecule has 0 aromatic carbocycles. The molecule has 7 heteroatoms. The fourth-order valence-corrected chi connectivity index (χ4v) is 3.85. The zero-order valence-corrected chi connectivity index (χ0v) is 15.2. The monoisotopic (exact) mass is 344 g/mol. The lowest BCUT2D eigenvalue weighted by molar-refractivity contribution is -0.120. The van der Waals surface area contributed by atoms with E-state index in [2.05, 4.69) is 10.2 Å². The molecular weight excluding hydrogens is 316 g/mol. The number of furan rings is 1. The van der Waals surface area contributed by atoms with Crippen LogP contribution in [-0.4, -0.2) is 49.9 Å². The highest BCUT2D eigenvalue weighted by Crippen LogP contribution is 2.20. The molecule has 0 saturated carbocycles. The fraction of sp³-hybridized carbons (Fsp3) is 0.688. The maximum Gasteiger partial charge on any atom is 0.238 e. The quantitative estimate of drug-likeness (QED) is 0.702. The highest BCUT2D eigenvalue weighted by Gasteiger charge is 2.28. The van der Waals surface area contributed by atoms with Gasteiger partial charge < -0.3 is 9.73 Å². The average Bonchev–Trinajstić information content (AvgIpc) is 3.04. The molecule has 0 aliphatic carbocycles. The molecule has 0 saturated heterocycles. The van der Waals surface area contributed by atoms with Gasteiger partial charge in [-0.05, 0) is 38.6 Å². The summed E-state index contributed by atoms with van der Waals surface area (Å²) in [6.45, 7) is 9.24. The summed E-state index contributed by atoms with van der Waals surface area (Å²) in [6, 6.07) is 3.57. The molecule has 0 aliphatic heterocycles. The molecule has 6 nitrogen and oxygen atoms in total. The molecule has 0 spiro atoms. The number of nitrogens with one attached hydrogen (secondary N) is 1. The Morgan fingerprint density at radius 2 is 1.96 bits per heavy atom. The summed E-state index contributed by atoms with van der Waals surface area (Å²) in [6.07, 6.45) is 2.11. The Morgan fingerprint density at radius 3 is 2.43 bits per heavy atom. The molecule has 0 bridgehead atoms. The first-order valence-corrected chi connectivity index (χ1v) is 9.85. The van der Waals surface area contributed by atoms with Gasteiger partial charge in [-0.3, -0.25) is 9.69 Å². The smallest absolute Gasteiger partial charge is 0.238 e. The minimum absolute atomic E-state index is 0.0270. The Morgan fingerprint density at radius 1 is 1.30 bits per heavy atom. The van der Waals surface area contributed by atoms with Crippen LogP contribution in [0.25, 0.3) is 0 Å². The SMILES string of the molecule is CCCS(=O)(=O)[C@H](C)C(=O)NC[C@H](c1ccco1)N(CC)CC. The van der Waals surface area contributed by atoms with E-state index in [0.29, 0.717) is 13.0 Å². The van der Waals surface area contributed by atoms with Crippen molar-refractivity contribution >= 4 is 15.7 Å². The van der Waals surface area contributed by atoms with Gasteiger partial charge in [0.25, 0.3) is 0 Å². The van der Waals surface area contributed by atoms with Gasteiger partial charge in [0.15, 0.2) is 9.84 Å². The molecule has 132 valence electrons. The third kappa shape index (κ3) is 5.35. The Bertz CT molecular complexity index is 565. The Hall–Kier alpha value is -1.34. The molecule has 0 fully saturated rings. The molecule has 0 aliphatic rings. The van der Waals surface area contributed by atoms with Crippen molar-refractivity contribution in [1.82, 2.24) is 10.2 Å². The highest BCUT2D eigenvalue weighted by atomic mass is 32.2. The lowest BCUT2D eigenvalue weighted by atomic mass is 10.2. The highest BCUT2D eigenvalue weighted by molar-refractivity contribution is 7.92. The van der Waals surface area contributed by atoms with Gasteiger partial charge in [-0.15, -0.1) is 0 Å². The standard InChI is InChI=1S/C16H28N2O4S/c1-5-11-23(20,21)13(4)16(19)17-12-14(18(6-2)7-3)15-9-8-10-22-15/h8-10,13-14H,5-7,11-12H2,1-4H3,(H,17,19)/t13-,14-/m1/s1. The number of hydrogen-bond acceptors (Lipinski definition) is 5. The van der Waals surface area contributed by atoms with Gasteiger partial charge in [0.2, 0.25) is 5.91 Å². The first-order valence-electron chi connectivity index (χ1n) is 8.14. The van der Waals surface area contributed by atoms with Crippen molar-refractivity contribution in [3.05, 3.63) is 24.2 Å². The molecule has 23 heavy (non-hydrogen) atoms. The van der Waals surface area contributed by atoms with Crippen molar-refractivity contribution in [3.8, 4) is 0 Å². The molecule has 1 aromatic heterocycles. The van der Waals surface area contributed by atoms with E-state index >= 15 is 0 Å². The summed E-state index contributed by atoms with van der Waals surface area (Å²) in [7, 11) is -3.39. The second kappa shape index (κ2) is 9.08. The summed E-state index contributed by atoms with van der Waals surface area (Å²) in [5.41, 5.74) is 0. The van der Waals surface area contributed by atoms with E-state index < -0.39 is 21.0 Å². The minimum atomic E-state index is -3.39. The number of rotatable bonds is 10. The maximum atomic E-state index is 12.2. The summed E-state index contributed by atoms with van der Waals surface area (Å²) < 4.78 is 29.5. The minimum Gasteiger partial charge on any atom is -0.468 e. The van der Waals surface area contributed by atoms with Gasteiger partial charge in [-0.25, -0.2) is 8.42 Å².